The second-order valence-electron chi connectivity index (χ2n) is 4.68. The number of ether oxygens (including phenoxy) is 1. The van der Waals surface area contributed by atoms with E-state index in [1.54, 1.807) is 7.11 Å². The maximum atomic E-state index is 6.29. The summed E-state index contributed by atoms with van der Waals surface area (Å²) in [5, 5.41) is 0. The highest BCUT2D eigenvalue weighted by molar-refractivity contribution is 9.10. The number of rotatable bonds is 4. The molecule has 1 unspecified atom stereocenters. The molecule has 2 N–H and O–H groups in total. The van der Waals surface area contributed by atoms with Crippen LogP contribution in [0.5, 0.6) is 5.75 Å². The average Bonchev–Trinajstić information content (AvgIpc) is 2.39. The molecule has 19 heavy (non-hydrogen) atoms. The highest BCUT2D eigenvalue weighted by Crippen LogP contribution is 2.26. The first-order chi connectivity index (χ1) is 9.10. The zero-order valence-corrected chi connectivity index (χ0v) is 12.8. The van der Waals surface area contributed by atoms with Crippen LogP contribution in [0.2, 0.25) is 0 Å². The standard InChI is InChI=1S/C16H18BrNO/c1-11-6-7-16(19-2)13(8-11)10-15(18)12-4-3-5-14(17)9-12/h3-9,15H,10,18H2,1-2H3. The monoisotopic (exact) mass is 319 g/mol. The summed E-state index contributed by atoms with van der Waals surface area (Å²) in [7, 11) is 1.69. The molecule has 2 rings (SSSR count). The van der Waals surface area contributed by atoms with Crippen LogP contribution in [0.1, 0.15) is 22.7 Å². The van der Waals surface area contributed by atoms with Gasteiger partial charge in [-0.25, -0.2) is 0 Å². The molecule has 0 radical (unpaired) electrons. The molecular formula is C16H18BrNO. The van der Waals surface area contributed by atoms with Crippen LogP contribution in [-0.4, -0.2) is 7.11 Å². The van der Waals surface area contributed by atoms with Crippen LogP contribution in [0.4, 0.5) is 0 Å². The lowest BCUT2D eigenvalue weighted by Crippen LogP contribution is -2.14. The van der Waals surface area contributed by atoms with E-state index < -0.39 is 0 Å². The largest absolute Gasteiger partial charge is 0.496 e. The minimum Gasteiger partial charge on any atom is -0.496 e. The van der Waals surface area contributed by atoms with E-state index in [9.17, 15) is 0 Å². The Hall–Kier alpha value is -1.32. The zero-order chi connectivity index (χ0) is 13.8. The number of hydrogen-bond donors (Lipinski definition) is 1. The Kier molecular flexibility index (Phi) is 4.61. The van der Waals surface area contributed by atoms with E-state index in [1.165, 1.54) is 5.56 Å². The Morgan fingerprint density at radius 3 is 2.68 bits per heavy atom. The van der Waals surface area contributed by atoms with Crippen LogP contribution in [0, 0.1) is 6.92 Å². The van der Waals surface area contributed by atoms with Gasteiger partial charge in [-0.3, -0.25) is 0 Å². The number of benzene rings is 2. The van der Waals surface area contributed by atoms with Crippen molar-refractivity contribution < 1.29 is 4.74 Å². The summed E-state index contributed by atoms with van der Waals surface area (Å²) in [6, 6.07) is 14.3. The Bertz CT molecular complexity index is 568. The van der Waals surface area contributed by atoms with E-state index in [0.29, 0.717) is 0 Å². The van der Waals surface area contributed by atoms with Crippen molar-refractivity contribution in [1.82, 2.24) is 0 Å². The van der Waals surface area contributed by atoms with Gasteiger partial charge in [-0.05, 0) is 42.7 Å². The molecule has 2 nitrogen and oxygen atoms in total. The smallest absolute Gasteiger partial charge is 0.122 e. The average molecular weight is 320 g/mol. The maximum Gasteiger partial charge on any atom is 0.122 e. The normalized spacial score (nSPS) is 12.2. The summed E-state index contributed by atoms with van der Waals surface area (Å²) in [5.74, 6) is 0.899. The quantitative estimate of drug-likeness (QED) is 0.924. The second kappa shape index (κ2) is 6.22. The third kappa shape index (κ3) is 3.58. The van der Waals surface area contributed by atoms with Gasteiger partial charge in [0.1, 0.15) is 5.75 Å². The third-order valence-electron chi connectivity index (χ3n) is 3.15. The highest BCUT2D eigenvalue weighted by Gasteiger charge is 2.11. The van der Waals surface area contributed by atoms with E-state index >= 15 is 0 Å². The van der Waals surface area contributed by atoms with E-state index in [4.69, 9.17) is 10.5 Å². The summed E-state index contributed by atoms with van der Waals surface area (Å²) in [5.41, 5.74) is 9.78. The number of aryl methyl sites for hydroxylation is 1. The lowest BCUT2D eigenvalue weighted by atomic mass is 9.98. The Balaban J connectivity index is 2.23. The molecule has 0 spiro atoms. The molecule has 0 saturated carbocycles. The number of halogens is 1. The van der Waals surface area contributed by atoms with Crippen molar-refractivity contribution >= 4 is 15.9 Å². The summed E-state index contributed by atoms with van der Waals surface area (Å²) < 4.78 is 6.45. The lowest BCUT2D eigenvalue weighted by molar-refractivity contribution is 0.408. The van der Waals surface area contributed by atoms with Crippen LogP contribution in [-0.2, 0) is 6.42 Å². The molecule has 0 aromatic heterocycles. The molecule has 2 aromatic rings. The fraction of sp³-hybridized carbons (Fsp3) is 0.250. The molecule has 0 heterocycles. The lowest BCUT2D eigenvalue weighted by Gasteiger charge is -2.15. The third-order valence-corrected chi connectivity index (χ3v) is 3.65. The van der Waals surface area contributed by atoms with Crippen molar-refractivity contribution in [3.05, 3.63) is 63.6 Å². The van der Waals surface area contributed by atoms with Crippen molar-refractivity contribution in [2.75, 3.05) is 7.11 Å². The van der Waals surface area contributed by atoms with Gasteiger partial charge in [-0.2, -0.15) is 0 Å². The van der Waals surface area contributed by atoms with Gasteiger partial charge in [-0.15, -0.1) is 0 Å². The van der Waals surface area contributed by atoms with Gasteiger partial charge in [0, 0.05) is 10.5 Å². The van der Waals surface area contributed by atoms with Crippen LogP contribution < -0.4 is 10.5 Å². The Morgan fingerprint density at radius 2 is 2.00 bits per heavy atom. The van der Waals surface area contributed by atoms with Crippen molar-refractivity contribution in [2.24, 2.45) is 5.73 Å². The second-order valence-corrected chi connectivity index (χ2v) is 5.60. The van der Waals surface area contributed by atoms with Gasteiger partial charge in [0.15, 0.2) is 0 Å². The first-order valence-corrected chi connectivity index (χ1v) is 7.04. The molecule has 100 valence electrons. The first-order valence-electron chi connectivity index (χ1n) is 6.24. The van der Waals surface area contributed by atoms with Gasteiger partial charge >= 0.3 is 0 Å². The van der Waals surface area contributed by atoms with Crippen molar-refractivity contribution in [1.29, 1.82) is 0 Å². The predicted octanol–water partition coefficient (Wildman–Crippen LogP) is 4.01. The summed E-state index contributed by atoms with van der Waals surface area (Å²) in [6.45, 7) is 2.08. The molecule has 2 aromatic carbocycles. The van der Waals surface area contributed by atoms with Crippen molar-refractivity contribution in [2.45, 2.75) is 19.4 Å². The molecule has 1 atom stereocenters. The molecule has 0 aliphatic rings. The molecule has 0 amide bonds. The van der Waals surface area contributed by atoms with Gasteiger partial charge in [-0.1, -0.05) is 45.8 Å². The molecule has 0 aliphatic carbocycles. The summed E-state index contributed by atoms with van der Waals surface area (Å²) >= 11 is 3.48. The van der Waals surface area contributed by atoms with Crippen LogP contribution in [0.3, 0.4) is 0 Å². The van der Waals surface area contributed by atoms with Crippen LogP contribution in [0.25, 0.3) is 0 Å². The van der Waals surface area contributed by atoms with Crippen LogP contribution in [0.15, 0.2) is 46.9 Å². The van der Waals surface area contributed by atoms with Gasteiger partial charge in [0.25, 0.3) is 0 Å². The van der Waals surface area contributed by atoms with E-state index in [2.05, 4.69) is 41.1 Å². The zero-order valence-electron chi connectivity index (χ0n) is 11.2. The molecule has 3 heteroatoms. The Labute approximate surface area is 122 Å². The fourth-order valence-electron chi connectivity index (χ4n) is 2.16. The molecule has 0 saturated heterocycles. The van der Waals surface area contributed by atoms with E-state index in [0.717, 1.165) is 27.8 Å². The molecule has 0 aliphatic heterocycles. The van der Waals surface area contributed by atoms with Crippen LogP contribution >= 0.6 is 15.9 Å². The minimum atomic E-state index is -0.0341. The van der Waals surface area contributed by atoms with Gasteiger partial charge in [0.2, 0.25) is 0 Å². The maximum absolute atomic E-state index is 6.29. The highest BCUT2D eigenvalue weighted by atomic mass is 79.9. The molecular weight excluding hydrogens is 302 g/mol. The van der Waals surface area contributed by atoms with Crippen molar-refractivity contribution in [3.8, 4) is 5.75 Å². The van der Waals surface area contributed by atoms with E-state index in [1.807, 2.05) is 24.3 Å². The number of nitrogens with two attached hydrogens (primary N) is 1. The molecule has 0 fully saturated rings. The fourth-order valence-corrected chi connectivity index (χ4v) is 2.58. The van der Waals surface area contributed by atoms with Gasteiger partial charge < -0.3 is 10.5 Å². The minimum absolute atomic E-state index is 0.0341. The SMILES string of the molecule is COc1ccc(C)cc1CC(N)c1cccc(Br)c1. The summed E-state index contributed by atoms with van der Waals surface area (Å²) in [6.07, 6.45) is 0.765. The van der Waals surface area contributed by atoms with Gasteiger partial charge in [0.05, 0.1) is 7.11 Å². The molecule has 0 bridgehead atoms. The van der Waals surface area contributed by atoms with E-state index in [-0.39, 0.29) is 6.04 Å². The first kappa shape index (κ1) is 14.1. The Morgan fingerprint density at radius 1 is 1.21 bits per heavy atom. The summed E-state index contributed by atoms with van der Waals surface area (Å²) in [4.78, 5) is 0. The topological polar surface area (TPSA) is 35.2 Å². The number of methoxy groups -OCH3 is 1. The number of hydrogen-bond acceptors (Lipinski definition) is 2. The predicted molar refractivity (Wildman–Crippen MR) is 82.5 cm³/mol. The van der Waals surface area contributed by atoms with Crippen molar-refractivity contribution in [3.63, 3.8) is 0 Å².